The van der Waals surface area contributed by atoms with E-state index in [0.29, 0.717) is 16.9 Å². The zero-order valence-corrected chi connectivity index (χ0v) is 25.3. The van der Waals surface area contributed by atoms with Crippen LogP contribution < -0.4 is 10.1 Å². The number of non-ortho nitro benzene ring substituents is 2. The molecule has 0 aromatic heterocycles. The van der Waals surface area contributed by atoms with Gasteiger partial charge in [-0.2, -0.15) is 8.42 Å². The molecular formula is C29H30N4O12S. The van der Waals surface area contributed by atoms with Crippen molar-refractivity contribution in [3.8, 4) is 5.75 Å². The molecule has 0 radical (unpaired) electrons. The van der Waals surface area contributed by atoms with Gasteiger partial charge in [-0.3, -0.25) is 29.3 Å². The van der Waals surface area contributed by atoms with Crippen molar-refractivity contribution < 1.29 is 46.2 Å². The molecular weight excluding hydrogens is 628 g/mol. The number of likely N-dealkylation sites (tertiary alicyclic amines) is 1. The van der Waals surface area contributed by atoms with Gasteiger partial charge in [0.1, 0.15) is 25.6 Å². The second-order valence-corrected chi connectivity index (χ2v) is 11.9. The predicted molar refractivity (Wildman–Crippen MR) is 160 cm³/mol. The number of nitrogens with zero attached hydrogens (tertiary/aromatic N) is 3. The second kappa shape index (κ2) is 15.1. The van der Waals surface area contributed by atoms with E-state index in [1.54, 1.807) is 24.3 Å². The maximum absolute atomic E-state index is 12.9. The summed E-state index contributed by atoms with van der Waals surface area (Å²) in [5.41, 5.74) is 1.69. The van der Waals surface area contributed by atoms with Crippen LogP contribution in [0, 0.1) is 20.2 Å². The number of nitro benzene ring substituents is 2. The van der Waals surface area contributed by atoms with Crippen LogP contribution >= 0.6 is 0 Å². The molecule has 1 heterocycles. The Morgan fingerprint density at radius 2 is 1.37 bits per heavy atom. The van der Waals surface area contributed by atoms with Crippen molar-refractivity contribution in [2.75, 3.05) is 19.4 Å². The second-order valence-electron chi connectivity index (χ2n) is 10.3. The number of rotatable bonds is 13. The molecule has 1 fully saturated rings. The molecule has 0 bridgehead atoms. The lowest BCUT2D eigenvalue weighted by molar-refractivity contribution is -0.385. The summed E-state index contributed by atoms with van der Waals surface area (Å²) in [7, 11) is -3.79. The van der Waals surface area contributed by atoms with Crippen LogP contribution in [0.1, 0.15) is 23.1 Å². The van der Waals surface area contributed by atoms with Crippen molar-refractivity contribution in [3.63, 3.8) is 0 Å². The Labute approximate surface area is 263 Å². The first kappa shape index (κ1) is 33.6. The van der Waals surface area contributed by atoms with Gasteiger partial charge in [0.05, 0.1) is 34.8 Å². The van der Waals surface area contributed by atoms with Crippen molar-refractivity contribution in [2.24, 2.45) is 0 Å². The molecule has 1 aliphatic heterocycles. The highest BCUT2D eigenvalue weighted by Gasteiger charge is 2.39. The van der Waals surface area contributed by atoms with Crippen LogP contribution in [0.15, 0.2) is 72.8 Å². The highest BCUT2D eigenvalue weighted by atomic mass is 32.2. The minimum absolute atomic E-state index is 0.00280. The number of hydrogen-bond donors (Lipinski definition) is 1. The molecule has 0 aliphatic carbocycles. The van der Waals surface area contributed by atoms with Gasteiger partial charge in [0, 0.05) is 37.2 Å². The number of hydrogen-bond acceptors (Lipinski definition) is 12. The number of nitrogens with one attached hydrogen (secondary N) is 1. The third-order valence-corrected chi connectivity index (χ3v) is 7.37. The molecule has 244 valence electrons. The molecule has 1 saturated heterocycles. The summed E-state index contributed by atoms with van der Waals surface area (Å²) in [5.74, 6) is 0.455. The molecule has 0 spiro atoms. The topological polar surface area (TPSA) is 207 Å². The average Bonchev–Trinajstić information content (AvgIpc) is 3.42. The molecule has 16 nitrogen and oxygen atoms in total. The van der Waals surface area contributed by atoms with E-state index in [9.17, 15) is 38.2 Å². The molecule has 2 amide bonds. The Kier molecular flexibility index (Phi) is 11.1. The van der Waals surface area contributed by atoms with Gasteiger partial charge >= 0.3 is 12.2 Å². The van der Waals surface area contributed by atoms with Crippen LogP contribution in [-0.4, -0.2) is 66.9 Å². The maximum atomic E-state index is 12.9. The van der Waals surface area contributed by atoms with Gasteiger partial charge in [0.2, 0.25) is 0 Å². The SMILES string of the molecule is CS(=O)(=O)O[C@@H]1C[C@@H](COc2ccc(CNC(=O)OCc3ccc([N+](=O)[O-])cc3)cc2)N(C(=O)OCc2ccc([N+](=O)[O-])cc2)C1. The standard InChI is InChI=1S/C29H30N4O12S/c1-46(40,41)45-27-14-25(31(16-27)29(35)44-18-22-4-10-24(11-5-22)33(38)39)19-42-26-12-6-20(7-13-26)15-30-28(34)43-17-21-2-8-23(9-3-21)32(36)37/h2-13,25,27H,14-19H2,1H3,(H,30,34)/t25-,27+/m0/s1. The van der Waals surface area contributed by atoms with Crippen molar-refractivity contribution >= 4 is 33.7 Å². The van der Waals surface area contributed by atoms with E-state index >= 15 is 0 Å². The first-order valence-corrected chi connectivity index (χ1v) is 15.6. The van der Waals surface area contributed by atoms with Gasteiger partial charge in [-0.25, -0.2) is 9.59 Å². The predicted octanol–water partition coefficient (Wildman–Crippen LogP) is 4.06. The molecule has 2 atom stereocenters. The first-order chi connectivity index (χ1) is 21.9. The number of benzene rings is 3. The van der Waals surface area contributed by atoms with E-state index in [1.165, 1.54) is 53.4 Å². The minimum Gasteiger partial charge on any atom is -0.491 e. The van der Waals surface area contributed by atoms with E-state index in [0.717, 1.165) is 11.8 Å². The number of carbonyl (C=O) groups is 2. The highest BCUT2D eigenvalue weighted by Crippen LogP contribution is 2.25. The quantitative estimate of drug-likeness (QED) is 0.157. The van der Waals surface area contributed by atoms with Crippen LogP contribution in [0.25, 0.3) is 0 Å². The summed E-state index contributed by atoms with van der Waals surface area (Å²) in [6.45, 7) is -0.108. The molecule has 17 heteroatoms. The van der Waals surface area contributed by atoms with E-state index in [4.69, 9.17) is 18.4 Å². The fourth-order valence-electron chi connectivity index (χ4n) is 4.50. The van der Waals surface area contributed by atoms with E-state index < -0.39 is 44.3 Å². The zero-order valence-electron chi connectivity index (χ0n) is 24.5. The largest absolute Gasteiger partial charge is 0.491 e. The number of carbonyl (C=O) groups excluding carboxylic acids is 2. The van der Waals surface area contributed by atoms with Crippen LogP contribution in [0.5, 0.6) is 5.75 Å². The molecule has 0 saturated carbocycles. The Morgan fingerprint density at radius 3 is 1.89 bits per heavy atom. The number of amides is 2. The number of alkyl carbamates (subject to hydrolysis) is 1. The van der Waals surface area contributed by atoms with Crippen LogP contribution in [-0.2, 0) is 43.5 Å². The highest BCUT2D eigenvalue weighted by molar-refractivity contribution is 7.86. The molecule has 1 aliphatic rings. The van der Waals surface area contributed by atoms with E-state index in [2.05, 4.69) is 5.32 Å². The van der Waals surface area contributed by atoms with E-state index in [-0.39, 0.29) is 50.7 Å². The third kappa shape index (κ3) is 10.1. The normalized spacial score (nSPS) is 16.0. The Bertz CT molecular complexity index is 1650. The van der Waals surface area contributed by atoms with Crippen LogP contribution in [0.2, 0.25) is 0 Å². The lowest BCUT2D eigenvalue weighted by Gasteiger charge is -2.24. The smallest absolute Gasteiger partial charge is 0.410 e. The van der Waals surface area contributed by atoms with Gasteiger partial charge in [0.25, 0.3) is 21.5 Å². The lowest BCUT2D eigenvalue weighted by Crippen LogP contribution is -2.39. The Balaban J connectivity index is 1.26. The Morgan fingerprint density at radius 1 is 0.848 bits per heavy atom. The van der Waals surface area contributed by atoms with Crippen molar-refractivity contribution in [1.29, 1.82) is 0 Å². The summed E-state index contributed by atoms with van der Waals surface area (Å²) < 4.78 is 44.9. The van der Waals surface area contributed by atoms with Gasteiger partial charge in [-0.05, 0) is 53.1 Å². The van der Waals surface area contributed by atoms with Gasteiger partial charge in [-0.1, -0.05) is 12.1 Å². The molecule has 3 aromatic rings. The molecule has 1 N–H and O–H groups in total. The van der Waals surface area contributed by atoms with Crippen molar-refractivity contribution in [3.05, 3.63) is 110 Å². The van der Waals surface area contributed by atoms with E-state index in [1.807, 2.05) is 0 Å². The monoisotopic (exact) mass is 658 g/mol. The summed E-state index contributed by atoms with van der Waals surface area (Å²) in [6.07, 6.45) is -1.11. The summed E-state index contributed by atoms with van der Waals surface area (Å²) >= 11 is 0. The first-order valence-electron chi connectivity index (χ1n) is 13.8. The molecule has 3 aromatic carbocycles. The maximum Gasteiger partial charge on any atom is 0.410 e. The van der Waals surface area contributed by atoms with Crippen LogP contribution in [0.4, 0.5) is 21.0 Å². The number of nitro groups is 2. The van der Waals surface area contributed by atoms with Crippen molar-refractivity contribution in [1.82, 2.24) is 10.2 Å². The van der Waals surface area contributed by atoms with Crippen LogP contribution in [0.3, 0.4) is 0 Å². The fourth-order valence-corrected chi connectivity index (χ4v) is 5.13. The van der Waals surface area contributed by atoms with Crippen molar-refractivity contribution in [2.45, 2.75) is 38.3 Å². The van der Waals surface area contributed by atoms with Gasteiger partial charge < -0.3 is 19.5 Å². The summed E-state index contributed by atoms with van der Waals surface area (Å²) in [6, 6.07) is 17.3. The molecule has 46 heavy (non-hydrogen) atoms. The zero-order chi connectivity index (χ0) is 33.3. The van der Waals surface area contributed by atoms with Gasteiger partial charge in [-0.15, -0.1) is 0 Å². The summed E-state index contributed by atoms with van der Waals surface area (Å²) in [4.78, 5) is 46.8. The minimum atomic E-state index is -3.79. The molecule has 0 unspecified atom stereocenters. The average molecular weight is 659 g/mol. The third-order valence-electron chi connectivity index (χ3n) is 6.75. The van der Waals surface area contributed by atoms with Gasteiger partial charge in [0.15, 0.2) is 0 Å². The molecule has 4 rings (SSSR count). The number of ether oxygens (including phenoxy) is 3. The lowest BCUT2D eigenvalue weighted by atomic mass is 10.2. The fraction of sp³-hybridized carbons (Fsp3) is 0.310. The summed E-state index contributed by atoms with van der Waals surface area (Å²) in [5, 5.41) is 24.2. The Hall–Kier alpha value is -5.29.